The van der Waals surface area contributed by atoms with Crippen molar-refractivity contribution in [3.63, 3.8) is 0 Å². The number of nitrogens with zero attached hydrogens (tertiary/aromatic N) is 1. The first-order chi connectivity index (χ1) is 11.3. The molecule has 1 amide bonds. The second-order valence-electron chi connectivity index (χ2n) is 6.20. The lowest BCUT2D eigenvalue weighted by Gasteiger charge is -2.33. The van der Waals surface area contributed by atoms with Gasteiger partial charge in [-0.05, 0) is 38.1 Å². The van der Waals surface area contributed by atoms with Gasteiger partial charge in [0.1, 0.15) is 5.54 Å². The lowest BCUT2D eigenvalue weighted by atomic mass is 9.89. The Morgan fingerprint density at radius 2 is 2.04 bits per heavy atom. The molecule has 0 saturated carbocycles. The van der Waals surface area contributed by atoms with Crippen molar-refractivity contribution < 1.29 is 19.4 Å². The van der Waals surface area contributed by atoms with Gasteiger partial charge in [-0.25, -0.2) is 0 Å². The van der Waals surface area contributed by atoms with E-state index in [4.69, 9.17) is 21.4 Å². The van der Waals surface area contributed by atoms with Crippen molar-refractivity contribution >= 4 is 23.5 Å². The number of nitrogens with one attached hydrogen (secondary N) is 1. The molecule has 24 heavy (non-hydrogen) atoms. The summed E-state index contributed by atoms with van der Waals surface area (Å²) in [7, 11) is 3.16. The zero-order valence-electron chi connectivity index (χ0n) is 14.1. The van der Waals surface area contributed by atoms with Crippen LogP contribution in [0.2, 0.25) is 5.02 Å². The second-order valence-corrected chi connectivity index (χ2v) is 6.63. The van der Waals surface area contributed by atoms with E-state index in [0.29, 0.717) is 11.4 Å². The van der Waals surface area contributed by atoms with Crippen LogP contribution in [-0.2, 0) is 14.3 Å². The van der Waals surface area contributed by atoms with E-state index in [9.17, 15) is 9.59 Å². The van der Waals surface area contributed by atoms with Gasteiger partial charge in [0, 0.05) is 17.6 Å². The maximum atomic E-state index is 12.6. The molecule has 132 valence electrons. The molecule has 0 aromatic heterocycles. The van der Waals surface area contributed by atoms with Crippen molar-refractivity contribution in [1.82, 2.24) is 10.2 Å². The first kappa shape index (κ1) is 18.7. The third kappa shape index (κ3) is 3.41. The van der Waals surface area contributed by atoms with E-state index in [1.807, 2.05) is 24.1 Å². The summed E-state index contributed by atoms with van der Waals surface area (Å²) in [6.45, 7) is 1.83. The predicted molar refractivity (Wildman–Crippen MR) is 90.6 cm³/mol. The summed E-state index contributed by atoms with van der Waals surface area (Å²) in [4.78, 5) is 26.8. The fourth-order valence-electron chi connectivity index (χ4n) is 3.37. The fourth-order valence-corrected chi connectivity index (χ4v) is 3.50. The molecule has 3 atom stereocenters. The molecule has 1 aliphatic heterocycles. The Kier molecular flexibility index (Phi) is 5.85. The number of halogens is 1. The van der Waals surface area contributed by atoms with Crippen LogP contribution in [0.25, 0.3) is 0 Å². The summed E-state index contributed by atoms with van der Waals surface area (Å²) in [5.41, 5.74) is -0.000954. The number of hydrogen-bond acceptors (Lipinski definition) is 5. The molecule has 1 aliphatic rings. The van der Waals surface area contributed by atoms with Crippen LogP contribution < -0.4 is 5.32 Å². The molecule has 0 aliphatic carbocycles. The van der Waals surface area contributed by atoms with E-state index in [1.54, 1.807) is 19.1 Å². The molecular weight excluding hydrogens is 332 g/mol. The van der Waals surface area contributed by atoms with Crippen molar-refractivity contribution in [3.8, 4) is 0 Å². The number of benzene rings is 1. The van der Waals surface area contributed by atoms with Crippen LogP contribution in [0.1, 0.15) is 24.9 Å². The summed E-state index contributed by atoms with van der Waals surface area (Å²) in [6.07, 6.45) is 0.334. The SMILES string of the molecule is COC(=O)[C@]1(C)C[C@H](C(=O)NCCO)[C@H](c2ccc(Cl)cc2)N1C. The number of aliphatic hydroxyl groups excluding tert-OH is 1. The minimum Gasteiger partial charge on any atom is -0.468 e. The molecule has 6 nitrogen and oxygen atoms in total. The smallest absolute Gasteiger partial charge is 0.326 e. The van der Waals surface area contributed by atoms with E-state index in [2.05, 4.69) is 5.32 Å². The number of likely N-dealkylation sites (N-methyl/N-ethyl adjacent to an activating group) is 1. The first-order valence-corrected chi connectivity index (χ1v) is 8.18. The van der Waals surface area contributed by atoms with Crippen molar-refractivity contribution in [2.45, 2.75) is 24.9 Å². The molecular formula is C17H23ClN2O4. The van der Waals surface area contributed by atoms with Gasteiger partial charge in [0.15, 0.2) is 0 Å². The Morgan fingerprint density at radius 1 is 1.42 bits per heavy atom. The van der Waals surface area contributed by atoms with E-state index in [0.717, 1.165) is 5.56 Å². The lowest BCUT2D eigenvalue weighted by Crippen LogP contribution is -2.47. The highest BCUT2D eigenvalue weighted by molar-refractivity contribution is 6.30. The number of likely N-dealkylation sites (tertiary alicyclic amines) is 1. The van der Waals surface area contributed by atoms with E-state index < -0.39 is 11.5 Å². The number of hydrogen-bond donors (Lipinski definition) is 2. The van der Waals surface area contributed by atoms with Crippen LogP contribution in [-0.4, -0.2) is 54.7 Å². The molecule has 0 bridgehead atoms. The molecule has 1 fully saturated rings. The predicted octanol–water partition coefficient (Wildman–Crippen LogP) is 1.37. The second kappa shape index (κ2) is 7.51. The van der Waals surface area contributed by atoms with Crippen LogP contribution in [0.4, 0.5) is 0 Å². The number of amides is 1. The molecule has 0 unspecified atom stereocenters. The maximum Gasteiger partial charge on any atom is 0.326 e. The third-order valence-electron chi connectivity index (χ3n) is 4.78. The van der Waals surface area contributed by atoms with E-state index >= 15 is 0 Å². The van der Waals surface area contributed by atoms with Crippen molar-refractivity contribution in [2.75, 3.05) is 27.3 Å². The molecule has 2 N–H and O–H groups in total. The topological polar surface area (TPSA) is 78.9 Å². The molecule has 7 heteroatoms. The number of ether oxygens (including phenoxy) is 1. The molecule has 1 aromatic rings. The molecule has 1 aromatic carbocycles. The van der Waals surface area contributed by atoms with Crippen molar-refractivity contribution in [1.29, 1.82) is 0 Å². The number of methoxy groups -OCH3 is 1. The Labute approximate surface area is 146 Å². The Balaban J connectivity index is 2.39. The van der Waals surface area contributed by atoms with Gasteiger partial charge >= 0.3 is 5.97 Å². The Bertz CT molecular complexity index is 607. The monoisotopic (exact) mass is 354 g/mol. The zero-order chi connectivity index (χ0) is 17.9. The highest BCUT2D eigenvalue weighted by atomic mass is 35.5. The van der Waals surface area contributed by atoms with Crippen LogP contribution >= 0.6 is 11.6 Å². The quantitative estimate of drug-likeness (QED) is 0.781. The summed E-state index contributed by atoms with van der Waals surface area (Å²) >= 11 is 5.96. The Morgan fingerprint density at radius 3 is 2.58 bits per heavy atom. The normalized spacial score (nSPS) is 27.0. The fraction of sp³-hybridized carbons (Fsp3) is 0.529. The maximum absolute atomic E-state index is 12.6. The van der Waals surface area contributed by atoms with Crippen molar-refractivity contribution in [3.05, 3.63) is 34.9 Å². The van der Waals surface area contributed by atoms with Gasteiger partial charge in [0.25, 0.3) is 0 Å². The lowest BCUT2D eigenvalue weighted by molar-refractivity contribution is -0.152. The highest BCUT2D eigenvalue weighted by Gasteiger charge is 2.54. The summed E-state index contributed by atoms with van der Waals surface area (Å²) in [5, 5.41) is 12.3. The largest absolute Gasteiger partial charge is 0.468 e. The molecule has 0 spiro atoms. The number of rotatable bonds is 5. The van der Waals surface area contributed by atoms with Crippen LogP contribution in [0.3, 0.4) is 0 Å². The minimum absolute atomic E-state index is 0.131. The number of carbonyl (C=O) groups excluding carboxylic acids is 2. The van der Waals surface area contributed by atoms with Crippen LogP contribution in [0.15, 0.2) is 24.3 Å². The van der Waals surface area contributed by atoms with Gasteiger partial charge in [-0.1, -0.05) is 23.7 Å². The average Bonchev–Trinajstić information content (AvgIpc) is 2.85. The molecule has 0 radical (unpaired) electrons. The number of carbonyl (C=O) groups is 2. The van der Waals surface area contributed by atoms with Gasteiger partial charge in [-0.3, -0.25) is 14.5 Å². The Hall–Kier alpha value is -1.63. The van der Waals surface area contributed by atoms with E-state index in [-0.39, 0.29) is 31.1 Å². The van der Waals surface area contributed by atoms with Crippen LogP contribution in [0.5, 0.6) is 0 Å². The first-order valence-electron chi connectivity index (χ1n) is 7.80. The highest BCUT2D eigenvalue weighted by Crippen LogP contribution is 2.46. The van der Waals surface area contributed by atoms with Gasteiger partial charge in [0.05, 0.1) is 19.6 Å². The van der Waals surface area contributed by atoms with Gasteiger partial charge in [0.2, 0.25) is 5.91 Å². The molecule has 1 saturated heterocycles. The van der Waals surface area contributed by atoms with Gasteiger partial charge in [-0.15, -0.1) is 0 Å². The molecule has 1 heterocycles. The summed E-state index contributed by atoms with van der Waals surface area (Å²) in [5.74, 6) is -1.00. The molecule has 2 rings (SSSR count). The van der Waals surface area contributed by atoms with Crippen molar-refractivity contribution in [2.24, 2.45) is 5.92 Å². The van der Waals surface area contributed by atoms with Gasteiger partial charge < -0.3 is 15.2 Å². The average molecular weight is 355 g/mol. The summed E-state index contributed by atoms with van der Waals surface area (Å²) < 4.78 is 4.95. The van der Waals surface area contributed by atoms with Gasteiger partial charge in [-0.2, -0.15) is 0 Å². The standard InChI is InChI=1S/C17H23ClN2O4/c1-17(16(23)24-3)10-13(15(22)19-8-9-21)14(20(17)2)11-4-6-12(18)7-5-11/h4-7,13-14,21H,8-10H2,1-3H3,(H,19,22)/t13-,14-,17-/m0/s1. The van der Waals surface area contributed by atoms with E-state index in [1.165, 1.54) is 7.11 Å². The summed E-state index contributed by atoms with van der Waals surface area (Å²) in [6, 6.07) is 6.96. The number of aliphatic hydroxyl groups is 1. The number of esters is 1. The minimum atomic E-state index is -0.903. The van der Waals surface area contributed by atoms with Crippen LogP contribution in [0, 0.1) is 5.92 Å². The zero-order valence-corrected chi connectivity index (χ0v) is 14.8. The third-order valence-corrected chi connectivity index (χ3v) is 5.03.